The van der Waals surface area contributed by atoms with E-state index in [1.165, 1.54) is 29.8 Å². The van der Waals surface area contributed by atoms with Gasteiger partial charge in [-0.25, -0.2) is 8.42 Å². The smallest absolute Gasteiger partial charge is 0.245 e. The lowest BCUT2D eigenvalue weighted by Crippen LogP contribution is -2.50. The topological polar surface area (TPSA) is 104 Å². The SMILES string of the molecule is CCN(CC)Cc1ccc(CC(C(=O)N2CCCC2)N(CCC(N)=O)c2ccc(S(=O)(=O)c3ccc(Cl)c(C)c3Cl)cc2)cc1. The Hall–Kier alpha value is -3.11. The van der Waals surface area contributed by atoms with Crippen molar-refractivity contribution in [2.24, 2.45) is 5.73 Å². The van der Waals surface area contributed by atoms with E-state index in [-0.39, 0.29) is 33.7 Å². The van der Waals surface area contributed by atoms with E-state index in [0.717, 1.165) is 38.0 Å². The molecule has 0 aromatic heterocycles. The van der Waals surface area contributed by atoms with Crippen molar-refractivity contribution in [3.8, 4) is 0 Å². The molecular weight excluding hydrogens is 631 g/mol. The Bertz CT molecular complexity index is 1590. The van der Waals surface area contributed by atoms with Crippen LogP contribution in [0.3, 0.4) is 0 Å². The second kappa shape index (κ2) is 15.5. The van der Waals surface area contributed by atoms with E-state index in [1.807, 2.05) is 9.80 Å². The van der Waals surface area contributed by atoms with Gasteiger partial charge in [0.25, 0.3) is 0 Å². The average molecular weight is 674 g/mol. The van der Waals surface area contributed by atoms with Crippen molar-refractivity contribution in [1.29, 1.82) is 0 Å². The highest BCUT2D eigenvalue weighted by atomic mass is 35.5. The Kier molecular flexibility index (Phi) is 11.9. The van der Waals surface area contributed by atoms with Crippen LogP contribution in [-0.2, 0) is 32.4 Å². The van der Waals surface area contributed by atoms with Gasteiger partial charge in [-0.15, -0.1) is 0 Å². The van der Waals surface area contributed by atoms with Gasteiger partial charge in [-0.05, 0) is 85.9 Å². The molecule has 0 bridgehead atoms. The van der Waals surface area contributed by atoms with Crippen LogP contribution in [0.4, 0.5) is 5.69 Å². The van der Waals surface area contributed by atoms with E-state index in [9.17, 15) is 18.0 Å². The van der Waals surface area contributed by atoms with Gasteiger partial charge in [0.1, 0.15) is 6.04 Å². The van der Waals surface area contributed by atoms with Crippen LogP contribution in [0.5, 0.6) is 0 Å². The molecule has 1 aliphatic heterocycles. The lowest BCUT2D eigenvalue weighted by molar-refractivity contribution is -0.131. The quantitative estimate of drug-likeness (QED) is 0.229. The molecule has 1 saturated heterocycles. The zero-order chi connectivity index (χ0) is 32.7. The number of likely N-dealkylation sites (tertiary alicyclic amines) is 1. The molecule has 0 aliphatic carbocycles. The Labute approximate surface area is 277 Å². The predicted octanol–water partition coefficient (Wildman–Crippen LogP) is 5.89. The molecule has 2 amide bonds. The summed E-state index contributed by atoms with van der Waals surface area (Å²) in [5.74, 6) is -0.510. The lowest BCUT2D eigenvalue weighted by Gasteiger charge is -2.35. The third-order valence-corrected chi connectivity index (χ3v) is 11.3. The first-order valence-electron chi connectivity index (χ1n) is 15.4. The second-order valence-electron chi connectivity index (χ2n) is 11.4. The molecule has 0 radical (unpaired) electrons. The minimum absolute atomic E-state index is 0.0238. The standard InChI is InChI=1S/C34H42Cl2N4O4S/c1-4-38(5-2)23-26-10-8-25(9-11-26)22-30(34(42)39-19-6-7-20-39)40(21-18-32(37)41)27-12-14-28(15-13-27)45(43,44)31-17-16-29(35)24(3)33(31)36/h8-17,30H,4-7,18-23H2,1-3H3,(H2,37,41). The third kappa shape index (κ3) is 8.38. The number of carbonyl (C=O) groups is 2. The maximum Gasteiger partial charge on any atom is 0.245 e. The molecule has 1 fully saturated rings. The summed E-state index contributed by atoms with van der Waals surface area (Å²) in [6.07, 6.45) is 2.34. The fourth-order valence-electron chi connectivity index (χ4n) is 5.67. The third-order valence-electron chi connectivity index (χ3n) is 8.48. The molecule has 3 aromatic carbocycles. The fourth-order valence-corrected chi connectivity index (χ4v) is 7.73. The van der Waals surface area contributed by atoms with E-state index >= 15 is 0 Å². The van der Waals surface area contributed by atoms with Crippen molar-refractivity contribution in [2.45, 2.75) is 68.8 Å². The minimum atomic E-state index is -3.95. The normalized spacial score (nSPS) is 14.1. The zero-order valence-corrected chi connectivity index (χ0v) is 28.5. The molecule has 0 saturated carbocycles. The number of carbonyl (C=O) groups excluding carboxylic acids is 2. The molecule has 242 valence electrons. The van der Waals surface area contributed by atoms with Crippen molar-refractivity contribution < 1.29 is 18.0 Å². The van der Waals surface area contributed by atoms with E-state index in [0.29, 0.717) is 35.8 Å². The van der Waals surface area contributed by atoms with Crippen molar-refractivity contribution in [3.63, 3.8) is 0 Å². The van der Waals surface area contributed by atoms with Gasteiger partial charge < -0.3 is 15.5 Å². The number of anilines is 1. The van der Waals surface area contributed by atoms with Crippen molar-refractivity contribution in [3.05, 3.63) is 87.4 Å². The molecule has 3 aromatic rings. The highest BCUT2D eigenvalue weighted by molar-refractivity contribution is 7.91. The summed E-state index contributed by atoms with van der Waals surface area (Å²) in [5.41, 5.74) is 8.85. The molecule has 0 spiro atoms. The monoisotopic (exact) mass is 672 g/mol. The first-order chi connectivity index (χ1) is 21.5. The number of nitrogens with zero attached hydrogens (tertiary/aromatic N) is 3. The number of amides is 2. The number of nitrogens with two attached hydrogens (primary N) is 1. The van der Waals surface area contributed by atoms with E-state index in [4.69, 9.17) is 28.9 Å². The molecule has 11 heteroatoms. The number of rotatable bonds is 14. The van der Waals surface area contributed by atoms with E-state index in [2.05, 4.69) is 43.0 Å². The predicted molar refractivity (Wildman–Crippen MR) is 181 cm³/mol. The van der Waals surface area contributed by atoms with Crippen LogP contribution >= 0.6 is 23.2 Å². The Morgan fingerprint density at radius 2 is 1.51 bits per heavy atom. The number of benzene rings is 3. The summed E-state index contributed by atoms with van der Waals surface area (Å²) in [6.45, 7) is 10.3. The minimum Gasteiger partial charge on any atom is -0.370 e. The molecule has 45 heavy (non-hydrogen) atoms. The number of primary amides is 1. The molecule has 1 atom stereocenters. The molecule has 1 heterocycles. The molecule has 2 N–H and O–H groups in total. The highest BCUT2D eigenvalue weighted by Crippen LogP contribution is 2.34. The summed E-state index contributed by atoms with van der Waals surface area (Å²) in [5, 5.41) is 0.459. The molecule has 1 aliphatic rings. The Balaban J connectivity index is 1.69. The average Bonchev–Trinajstić information content (AvgIpc) is 3.58. The van der Waals surface area contributed by atoms with Crippen LogP contribution in [-0.4, -0.2) is 68.8 Å². The molecule has 1 unspecified atom stereocenters. The number of sulfone groups is 1. The van der Waals surface area contributed by atoms with Gasteiger partial charge in [0, 0.05) is 49.7 Å². The van der Waals surface area contributed by atoms with Crippen LogP contribution in [0.1, 0.15) is 49.8 Å². The van der Waals surface area contributed by atoms with Crippen LogP contribution in [0.15, 0.2) is 70.5 Å². The van der Waals surface area contributed by atoms with Gasteiger partial charge in [0.2, 0.25) is 21.7 Å². The Morgan fingerprint density at radius 1 is 0.911 bits per heavy atom. The van der Waals surface area contributed by atoms with Crippen LogP contribution in [0, 0.1) is 6.92 Å². The molecule has 8 nitrogen and oxygen atoms in total. The van der Waals surface area contributed by atoms with Gasteiger partial charge in [0.15, 0.2) is 0 Å². The van der Waals surface area contributed by atoms with Crippen LogP contribution in [0.2, 0.25) is 10.0 Å². The first kappa shape index (κ1) is 34.8. The van der Waals surface area contributed by atoms with Crippen molar-refractivity contribution in [1.82, 2.24) is 9.80 Å². The van der Waals surface area contributed by atoms with E-state index < -0.39 is 21.8 Å². The number of hydrogen-bond donors (Lipinski definition) is 1. The maximum atomic E-state index is 14.0. The van der Waals surface area contributed by atoms with Gasteiger partial charge in [-0.3, -0.25) is 14.5 Å². The Morgan fingerprint density at radius 3 is 2.09 bits per heavy atom. The molecular formula is C34H42Cl2N4O4S. The van der Waals surface area contributed by atoms with Crippen LogP contribution in [0.25, 0.3) is 0 Å². The zero-order valence-electron chi connectivity index (χ0n) is 26.1. The summed E-state index contributed by atoms with van der Waals surface area (Å²) in [7, 11) is -3.95. The maximum absolute atomic E-state index is 14.0. The van der Waals surface area contributed by atoms with Gasteiger partial charge in [-0.1, -0.05) is 61.3 Å². The van der Waals surface area contributed by atoms with Crippen molar-refractivity contribution in [2.75, 3.05) is 37.6 Å². The van der Waals surface area contributed by atoms with Crippen molar-refractivity contribution >= 4 is 50.5 Å². The fraction of sp³-hybridized carbons (Fsp3) is 0.412. The number of halogens is 2. The van der Waals surface area contributed by atoms with Gasteiger partial charge in [-0.2, -0.15) is 0 Å². The summed E-state index contributed by atoms with van der Waals surface area (Å²) >= 11 is 12.5. The molecule has 4 rings (SSSR count). The lowest BCUT2D eigenvalue weighted by atomic mass is 10.0. The summed E-state index contributed by atoms with van der Waals surface area (Å²) in [4.78, 5) is 32.1. The highest BCUT2D eigenvalue weighted by Gasteiger charge is 2.32. The summed E-state index contributed by atoms with van der Waals surface area (Å²) in [6, 6.07) is 17.0. The summed E-state index contributed by atoms with van der Waals surface area (Å²) < 4.78 is 27.1. The second-order valence-corrected chi connectivity index (χ2v) is 14.1. The largest absolute Gasteiger partial charge is 0.370 e. The van der Waals surface area contributed by atoms with Gasteiger partial charge >= 0.3 is 0 Å². The van der Waals surface area contributed by atoms with E-state index in [1.54, 1.807) is 19.1 Å². The number of hydrogen-bond acceptors (Lipinski definition) is 6. The van der Waals surface area contributed by atoms with Gasteiger partial charge in [0.05, 0.1) is 14.8 Å². The van der Waals surface area contributed by atoms with Crippen LogP contribution < -0.4 is 10.6 Å². The first-order valence-corrected chi connectivity index (χ1v) is 17.6.